The van der Waals surface area contributed by atoms with E-state index < -0.39 is 0 Å². The van der Waals surface area contributed by atoms with E-state index in [2.05, 4.69) is 10.6 Å². The molecule has 2 aromatic rings. The number of phenolic OH excluding ortho intramolecular Hbond substituents is 1. The molecule has 0 saturated heterocycles. The lowest BCUT2D eigenvalue weighted by Gasteiger charge is -2.23. The fourth-order valence-electron chi connectivity index (χ4n) is 2.97. The van der Waals surface area contributed by atoms with Gasteiger partial charge in [-0.05, 0) is 24.3 Å². The third-order valence-electron chi connectivity index (χ3n) is 4.09. The predicted octanol–water partition coefficient (Wildman–Crippen LogP) is 4.00. The van der Waals surface area contributed by atoms with E-state index in [0.717, 1.165) is 23.6 Å². The minimum absolute atomic E-state index is 0.0903. The minimum atomic E-state index is -0.242. The summed E-state index contributed by atoms with van der Waals surface area (Å²) < 4.78 is 0. The van der Waals surface area contributed by atoms with Crippen molar-refractivity contribution < 1.29 is 9.90 Å². The molecule has 0 atom stereocenters. The largest absolute Gasteiger partial charge is 0.506 e. The van der Waals surface area contributed by atoms with Crippen LogP contribution in [0.4, 0.5) is 10.5 Å². The first-order valence-electron chi connectivity index (χ1n) is 7.52. The summed E-state index contributed by atoms with van der Waals surface area (Å²) in [4.78, 5) is 12.1. The van der Waals surface area contributed by atoms with Crippen molar-refractivity contribution in [2.75, 3.05) is 5.32 Å². The zero-order valence-corrected chi connectivity index (χ0v) is 11.9. The highest BCUT2D eigenvalue weighted by Crippen LogP contribution is 2.32. The molecule has 21 heavy (non-hydrogen) atoms. The molecule has 1 aliphatic carbocycles. The molecule has 4 nitrogen and oxygen atoms in total. The summed E-state index contributed by atoms with van der Waals surface area (Å²) in [6.45, 7) is 0. The number of hydrogen-bond donors (Lipinski definition) is 3. The Morgan fingerprint density at radius 1 is 1.05 bits per heavy atom. The number of hydrogen-bond acceptors (Lipinski definition) is 2. The van der Waals surface area contributed by atoms with E-state index in [1.807, 2.05) is 30.3 Å². The third kappa shape index (κ3) is 3.10. The van der Waals surface area contributed by atoms with Crippen LogP contribution >= 0.6 is 0 Å². The molecule has 0 heterocycles. The number of carbonyl (C=O) groups excluding carboxylic acids is 1. The first-order chi connectivity index (χ1) is 10.2. The molecule has 4 heteroatoms. The number of phenols is 1. The number of benzene rings is 2. The maximum Gasteiger partial charge on any atom is 0.319 e. The summed E-state index contributed by atoms with van der Waals surface area (Å²) in [6.07, 6.45) is 5.67. The molecule has 0 unspecified atom stereocenters. The van der Waals surface area contributed by atoms with E-state index in [1.165, 1.54) is 19.3 Å². The van der Waals surface area contributed by atoms with Gasteiger partial charge in [-0.3, -0.25) is 0 Å². The molecule has 2 aromatic carbocycles. The smallest absolute Gasteiger partial charge is 0.319 e. The molecule has 0 spiro atoms. The number of anilines is 1. The number of nitrogens with one attached hydrogen (secondary N) is 2. The van der Waals surface area contributed by atoms with Gasteiger partial charge in [0.1, 0.15) is 5.75 Å². The molecule has 1 aliphatic rings. The van der Waals surface area contributed by atoms with Crippen LogP contribution in [-0.4, -0.2) is 17.2 Å². The van der Waals surface area contributed by atoms with Crippen molar-refractivity contribution in [2.45, 2.75) is 38.1 Å². The first-order valence-corrected chi connectivity index (χ1v) is 7.52. The van der Waals surface area contributed by atoms with Crippen LogP contribution in [0.1, 0.15) is 32.1 Å². The van der Waals surface area contributed by atoms with E-state index in [0.29, 0.717) is 5.69 Å². The van der Waals surface area contributed by atoms with E-state index >= 15 is 0 Å². The fraction of sp³-hybridized carbons (Fsp3) is 0.353. The Labute approximate surface area is 124 Å². The van der Waals surface area contributed by atoms with Gasteiger partial charge in [0, 0.05) is 11.4 Å². The topological polar surface area (TPSA) is 61.4 Å². The second kappa shape index (κ2) is 6.04. The zero-order chi connectivity index (χ0) is 14.7. The van der Waals surface area contributed by atoms with Crippen LogP contribution in [0.2, 0.25) is 0 Å². The lowest BCUT2D eigenvalue weighted by Crippen LogP contribution is -2.39. The molecule has 2 amide bonds. The van der Waals surface area contributed by atoms with Crippen molar-refractivity contribution in [3.05, 3.63) is 36.4 Å². The summed E-state index contributed by atoms with van der Waals surface area (Å²) in [6, 6.07) is 11.1. The van der Waals surface area contributed by atoms with Crippen molar-refractivity contribution in [3.63, 3.8) is 0 Å². The Kier molecular flexibility index (Phi) is 3.95. The molecule has 0 bridgehead atoms. The van der Waals surface area contributed by atoms with Crippen LogP contribution in [0, 0.1) is 0 Å². The lowest BCUT2D eigenvalue weighted by molar-refractivity contribution is 0.244. The van der Waals surface area contributed by atoms with Gasteiger partial charge in [0.25, 0.3) is 0 Å². The lowest BCUT2D eigenvalue weighted by atomic mass is 9.96. The quantitative estimate of drug-likeness (QED) is 0.730. The molecule has 3 N–H and O–H groups in total. The van der Waals surface area contributed by atoms with Crippen LogP contribution in [-0.2, 0) is 0 Å². The summed E-state index contributed by atoms with van der Waals surface area (Å²) >= 11 is 0. The molecule has 1 saturated carbocycles. The Bertz CT molecular complexity index is 648. The molecule has 0 radical (unpaired) electrons. The standard InChI is InChI=1S/C17H20N2O2/c20-15-11-10-12-6-4-5-9-14(12)16(15)19-17(21)18-13-7-2-1-3-8-13/h4-6,9-11,13,20H,1-3,7-8H2,(H2,18,19,21). The van der Waals surface area contributed by atoms with E-state index in [-0.39, 0.29) is 17.8 Å². The number of urea groups is 1. The van der Waals surface area contributed by atoms with Crippen LogP contribution in [0.3, 0.4) is 0 Å². The number of carbonyl (C=O) groups is 1. The number of amides is 2. The van der Waals surface area contributed by atoms with Gasteiger partial charge in [-0.1, -0.05) is 49.6 Å². The van der Waals surface area contributed by atoms with Crippen molar-refractivity contribution in [1.82, 2.24) is 5.32 Å². The molecule has 0 aromatic heterocycles. The van der Waals surface area contributed by atoms with Gasteiger partial charge in [0.15, 0.2) is 0 Å². The van der Waals surface area contributed by atoms with Gasteiger partial charge in [0.05, 0.1) is 5.69 Å². The van der Waals surface area contributed by atoms with Crippen LogP contribution in [0.15, 0.2) is 36.4 Å². The average molecular weight is 284 g/mol. The molecule has 1 fully saturated rings. The second-order valence-corrected chi connectivity index (χ2v) is 5.61. The highest BCUT2D eigenvalue weighted by atomic mass is 16.3. The maximum atomic E-state index is 12.1. The van der Waals surface area contributed by atoms with Crippen molar-refractivity contribution in [2.24, 2.45) is 0 Å². The summed E-state index contributed by atoms with van der Waals surface area (Å²) in [5, 5.41) is 17.7. The van der Waals surface area contributed by atoms with Gasteiger partial charge >= 0.3 is 6.03 Å². The van der Waals surface area contributed by atoms with Gasteiger partial charge in [-0.25, -0.2) is 4.79 Å². The van der Waals surface area contributed by atoms with Crippen molar-refractivity contribution in [3.8, 4) is 5.75 Å². The number of aromatic hydroxyl groups is 1. The Hall–Kier alpha value is -2.23. The van der Waals surface area contributed by atoms with E-state index in [9.17, 15) is 9.90 Å². The molecule has 3 rings (SSSR count). The van der Waals surface area contributed by atoms with E-state index in [1.54, 1.807) is 6.07 Å². The molecule has 0 aliphatic heterocycles. The van der Waals surface area contributed by atoms with Crippen molar-refractivity contribution >= 4 is 22.5 Å². The summed E-state index contributed by atoms with van der Waals surface area (Å²) in [5.41, 5.74) is 0.474. The fourth-order valence-corrected chi connectivity index (χ4v) is 2.97. The van der Waals surface area contributed by atoms with Gasteiger partial charge in [-0.2, -0.15) is 0 Å². The molecular weight excluding hydrogens is 264 g/mol. The maximum absolute atomic E-state index is 12.1. The Balaban J connectivity index is 1.77. The number of rotatable bonds is 2. The summed E-state index contributed by atoms with van der Waals surface area (Å²) in [7, 11) is 0. The normalized spacial score (nSPS) is 15.8. The molecule has 110 valence electrons. The summed E-state index contributed by atoms with van der Waals surface area (Å²) in [5.74, 6) is 0.0903. The monoisotopic (exact) mass is 284 g/mol. The zero-order valence-electron chi connectivity index (χ0n) is 11.9. The van der Waals surface area contributed by atoms with Crippen LogP contribution in [0.5, 0.6) is 5.75 Å². The first kappa shape index (κ1) is 13.7. The highest BCUT2D eigenvalue weighted by Gasteiger charge is 2.17. The van der Waals surface area contributed by atoms with Gasteiger partial charge in [-0.15, -0.1) is 0 Å². The van der Waals surface area contributed by atoms with Gasteiger partial charge in [0.2, 0.25) is 0 Å². The second-order valence-electron chi connectivity index (χ2n) is 5.61. The Morgan fingerprint density at radius 2 is 1.81 bits per heavy atom. The highest BCUT2D eigenvalue weighted by molar-refractivity contribution is 6.04. The Morgan fingerprint density at radius 3 is 2.62 bits per heavy atom. The van der Waals surface area contributed by atoms with Crippen LogP contribution in [0.25, 0.3) is 10.8 Å². The number of fused-ring (bicyclic) bond motifs is 1. The van der Waals surface area contributed by atoms with E-state index in [4.69, 9.17) is 0 Å². The van der Waals surface area contributed by atoms with Crippen molar-refractivity contribution in [1.29, 1.82) is 0 Å². The van der Waals surface area contributed by atoms with Crippen LogP contribution < -0.4 is 10.6 Å². The minimum Gasteiger partial charge on any atom is -0.506 e. The average Bonchev–Trinajstić information content (AvgIpc) is 2.51. The third-order valence-corrected chi connectivity index (χ3v) is 4.09. The SMILES string of the molecule is O=C(Nc1c(O)ccc2ccccc12)NC1CCCCC1. The molecular formula is C17H20N2O2. The van der Waals surface area contributed by atoms with Gasteiger partial charge < -0.3 is 15.7 Å². The predicted molar refractivity (Wildman–Crippen MR) is 84.6 cm³/mol.